The van der Waals surface area contributed by atoms with Crippen LogP contribution >= 0.6 is 23.2 Å². The molecule has 1 fully saturated rings. The molecular weight excluding hydrogens is 431 g/mol. The summed E-state index contributed by atoms with van der Waals surface area (Å²) in [6, 6.07) is 0. The number of imidazole rings is 1. The molecule has 0 spiro atoms. The summed E-state index contributed by atoms with van der Waals surface area (Å²) in [7, 11) is 0. The van der Waals surface area contributed by atoms with Crippen LogP contribution in [-0.4, -0.2) is 62.6 Å². The number of hydrogen-bond donors (Lipinski definition) is 0. The van der Waals surface area contributed by atoms with Gasteiger partial charge in [0.05, 0.1) is 6.33 Å². The standard InChI is InChI=1S/C16H16Cl2N4O7/c1-6(23)26-4-9-12(27-7(2)24)13(28-8(3)25)16(29-9)22-5-19-10-11(22)15(18)21-20-14(10)17/h5,9,12-13,16H,4H2,1-3H3/t9-,12-,13-,16-/m1/s1. The van der Waals surface area contributed by atoms with Gasteiger partial charge in [-0.2, -0.15) is 0 Å². The Morgan fingerprint density at radius 1 is 1.03 bits per heavy atom. The van der Waals surface area contributed by atoms with Gasteiger partial charge in [0.15, 0.2) is 28.7 Å². The summed E-state index contributed by atoms with van der Waals surface area (Å²) in [5, 5.41) is 7.43. The Labute approximate surface area is 174 Å². The summed E-state index contributed by atoms with van der Waals surface area (Å²) in [5.41, 5.74) is 0.535. The monoisotopic (exact) mass is 446 g/mol. The first-order chi connectivity index (χ1) is 13.7. The second kappa shape index (κ2) is 8.47. The molecule has 0 aliphatic carbocycles. The van der Waals surface area contributed by atoms with Crippen molar-refractivity contribution in [2.24, 2.45) is 0 Å². The maximum Gasteiger partial charge on any atom is 0.303 e. The van der Waals surface area contributed by atoms with Gasteiger partial charge in [0.25, 0.3) is 0 Å². The van der Waals surface area contributed by atoms with E-state index in [1.165, 1.54) is 31.7 Å². The highest BCUT2D eigenvalue weighted by atomic mass is 35.5. The highest BCUT2D eigenvalue weighted by molar-refractivity contribution is 6.37. The van der Waals surface area contributed by atoms with Crippen LogP contribution in [0.3, 0.4) is 0 Å². The Bertz CT molecular complexity index is 966. The first-order valence-corrected chi connectivity index (χ1v) is 9.12. The molecule has 11 nitrogen and oxygen atoms in total. The SMILES string of the molecule is CC(=O)OC[C@H]1O[C@@H](n2cnc3c(Cl)nnc(Cl)c32)[C@H](OC(C)=O)[C@@H]1OC(C)=O. The van der Waals surface area contributed by atoms with E-state index in [1.54, 1.807) is 0 Å². The fraction of sp³-hybridized carbons (Fsp3) is 0.500. The quantitative estimate of drug-likeness (QED) is 0.490. The Kier molecular flexibility index (Phi) is 6.20. The zero-order valence-corrected chi connectivity index (χ0v) is 17.0. The number of ether oxygens (including phenoxy) is 4. The van der Waals surface area contributed by atoms with Crippen LogP contribution < -0.4 is 0 Å². The van der Waals surface area contributed by atoms with Gasteiger partial charge in [-0.15, -0.1) is 10.2 Å². The van der Waals surface area contributed by atoms with Crippen molar-refractivity contribution in [3.05, 3.63) is 16.6 Å². The number of hydrogen-bond acceptors (Lipinski definition) is 10. The third-order valence-electron chi connectivity index (χ3n) is 4.02. The zero-order chi connectivity index (χ0) is 21.3. The van der Waals surface area contributed by atoms with Crippen LogP contribution in [0.5, 0.6) is 0 Å². The van der Waals surface area contributed by atoms with Crippen molar-refractivity contribution in [1.82, 2.24) is 19.7 Å². The van der Waals surface area contributed by atoms with E-state index in [1.807, 2.05) is 0 Å². The number of aromatic nitrogens is 4. The Hall–Kier alpha value is -2.50. The average molecular weight is 447 g/mol. The summed E-state index contributed by atoms with van der Waals surface area (Å²) >= 11 is 12.2. The van der Waals surface area contributed by atoms with Gasteiger partial charge in [0.1, 0.15) is 23.7 Å². The van der Waals surface area contributed by atoms with Gasteiger partial charge < -0.3 is 18.9 Å². The van der Waals surface area contributed by atoms with Crippen molar-refractivity contribution in [3.8, 4) is 0 Å². The number of esters is 3. The van der Waals surface area contributed by atoms with Crippen molar-refractivity contribution < 1.29 is 33.3 Å². The lowest BCUT2D eigenvalue weighted by Gasteiger charge is -2.24. The van der Waals surface area contributed by atoms with Gasteiger partial charge in [0, 0.05) is 20.8 Å². The molecule has 29 heavy (non-hydrogen) atoms. The molecule has 0 saturated carbocycles. The lowest BCUT2D eigenvalue weighted by atomic mass is 10.1. The number of halogens is 2. The van der Waals surface area contributed by atoms with E-state index in [0.717, 1.165) is 0 Å². The van der Waals surface area contributed by atoms with Crippen LogP contribution in [-0.2, 0) is 33.3 Å². The predicted molar refractivity (Wildman–Crippen MR) is 97.0 cm³/mol. The fourth-order valence-electron chi connectivity index (χ4n) is 3.01. The molecule has 0 amide bonds. The Morgan fingerprint density at radius 2 is 1.66 bits per heavy atom. The lowest BCUT2D eigenvalue weighted by Crippen LogP contribution is -2.40. The molecule has 1 saturated heterocycles. The number of carbonyl (C=O) groups excluding carboxylic acids is 3. The van der Waals surface area contributed by atoms with Gasteiger partial charge in [-0.05, 0) is 0 Å². The minimum Gasteiger partial charge on any atom is -0.463 e. The van der Waals surface area contributed by atoms with E-state index in [9.17, 15) is 14.4 Å². The van der Waals surface area contributed by atoms with Crippen LogP contribution in [0, 0.1) is 0 Å². The number of nitrogens with zero attached hydrogens (tertiary/aromatic N) is 4. The van der Waals surface area contributed by atoms with E-state index in [-0.39, 0.29) is 27.9 Å². The average Bonchev–Trinajstić information content (AvgIpc) is 3.19. The number of fused-ring (bicyclic) bond motifs is 1. The van der Waals surface area contributed by atoms with Crippen molar-refractivity contribution in [2.75, 3.05) is 6.61 Å². The minimum absolute atomic E-state index is 0.0122. The molecule has 156 valence electrons. The molecule has 1 aliphatic rings. The summed E-state index contributed by atoms with van der Waals surface area (Å²) in [6.45, 7) is 3.38. The van der Waals surface area contributed by atoms with Crippen LogP contribution in [0.1, 0.15) is 27.0 Å². The van der Waals surface area contributed by atoms with Gasteiger partial charge >= 0.3 is 17.9 Å². The molecule has 2 aromatic heterocycles. The van der Waals surface area contributed by atoms with Crippen molar-refractivity contribution in [3.63, 3.8) is 0 Å². The Morgan fingerprint density at radius 3 is 2.28 bits per heavy atom. The van der Waals surface area contributed by atoms with Crippen molar-refractivity contribution in [2.45, 2.75) is 45.3 Å². The van der Waals surface area contributed by atoms with Gasteiger partial charge in [-0.25, -0.2) is 4.98 Å². The summed E-state index contributed by atoms with van der Waals surface area (Å²) < 4.78 is 23.1. The van der Waals surface area contributed by atoms with Crippen LogP contribution in [0.2, 0.25) is 10.3 Å². The van der Waals surface area contributed by atoms with Crippen LogP contribution in [0.4, 0.5) is 0 Å². The van der Waals surface area contributed by atoms with E-state index in [2.05, 4.69) is 15.2 Å². The smallest absolute Gasteiger partial charge is 0.303 e. The second-order valence-corrected chi connectivity index (χ2v) is 6.86. The molecule has 1 aliphatic heterocycles. The highest BCUT2D eigenvalue weighted by Gasteiger charge is 2.51. The van der Waals surface area contributed by atoms with Gasteiger partial charge in [-0.3, -0.25) is 19.0 Å². The molecule has 0 bridgehead atoms. The van der Waals surface area contributed by atoms with E-state index < -0.39 is 42.4 Å². The third-order valence-corrected chi connectivity index (χ3v) is 4.53. The molecule has 13 heteroatoms. The third kappa shape index (κ3) is 4.41. The van der Waals surface area contributed by atoms with E-state index >= 15 is 0 Å². The fourth-order valence-corrected chi connectivity index (χ4v) is 3.41. The molecule has 3 rings (SSSR count). The molecule has 3 heterocycles. The lowest BCUT2D eigenvalue weighted by molar-refractivity contribution is -0.166. The normalized spacial score (nSPS) is 23.8. The van der Waals surface area contributed by atoms with Crippen molar-refractivity contribution >= 4 is 52.1 Å². The number of carbonyl (C=O) groups is 3. The van der Waals surface area contributed by atoms with Crippen LogP contribution in [0.15, 0.2) is 6.33 Å². The second-order valence-electron chi connectivity index (χ2n) is 6.15. The number of rotatable bonds is 5. The molecule has 0 radical (unpaired) electrons. The molecule has 0 N–H and O–H groups in total. The zero-order valence-electron chi connectivity index (χ0n) is 15.5. The Balaban J connectivity index is 2.05. The summed E-state index contributed by atoms with van der Waals surface area (Å²) in [5.74, 6) is -1.82. The van der Waals surface area contributed by atoms with Gasteiger partial charge in [0.2, 0.25) is 0 Å². The molecule has 0 aromatic carbocycles. The minimum atomic E-state index is -1.09. The maximum absolute atomic E-state index is 11.7. The van der Waals surface area contributed by atoms with Crippen LogP contribution in [0.25, 0.3) is 11.0 Å². The summed E-state index contributed by atoms with van der Waals surface area (Å²) in [4.78, 5) is 38.7. The molecular formula is C16H16Cl2N4O7. The highest BCUT2D eigenvalue weighted by Crippen LogP contribution is 2.37. The maximum atomic E-state index is 11.7. The molecule has 2 aromatic rings. The van der Waals surface area contributed by atoms with Crippen molar-refractivity contribution in [1.29, 1.82) is 0 Å². The first-order valence-electron chi connectivity index (χ1n) is 8.36. The molecule has 4 atom stereocenters. The van der Waals surface area contributed by atoms with E-state index in [0.29, 0.717) is 0 Å². The predicted octanol–water partition coefficient (Wildman–Crippen LogP) is 1.46. The molecule has 0 unspecified atom stereocenters. The van der Waals surface area contributed by atoms with Gasteiger partial charge in [-0.1, -0.05) is 23.2 Å². The van der Waals surface area contributed by atoms with E-state index in [4.69, 9.17) is 42.1 Å². The summed E-state index contributed by atoms with van der Waals surface area (Å²) in [6.07, 6.45) is -2.73. The first kappa shape index (κ1) is 21.2. The largest absolute Gasteiger partial charge is 0.463 e. The topological polar surface area (TPSA) is 132 Å².